The van der Waals surface area contributed by atoms with Gasteiger partial charge in [-0.2, -0.15) is 4.37 Å². The molecular formula is C12H22N4S. The van der Waals surface area contributed by atoms with E-state index in [1.807, 2.05) is 0 Å². The van der Waals surface area contributed by atoms with Gasteiger partial charge in [-0.1, -0.05) is 19.3 Å². The van der Waals surface area contributed by atoms with E-state index in [-0.39, 0.29) is 0 Å². The first-order chi connectivity index (χ1) is 8.36. The van der Waals surface area contributed by atoms with E-state index in [0.29, 0.717) is 0 Å². The van der Waals surface area contributed by atoms with E-state index < -0.39 is 0 Å². The van der Waals surface area contributed by atoms with Crippen molar-refractivity contribution >= 4 is 16.7 Å². The molecule has 1 heterocycles. The smallest absolute Gasteiger partial charge is 0.202 e. The van der Waals surface area contributed by atoms with Crippen molar-refractivity contribution in [1.82, 2.24) is 14.3 Å². The first-order valence-corrected chi connectivity index (χ1v) is 7.34. The van der Waals surface area contributed by atoms with Crippen molar-refractivity contribution < 1.29 is 0 Å². The second-order valence-electron chi connectivity index (χ2n) is 4.80. The molecular weight excluding hydrogens is 232 g/mol. The van der Waals surface area contributed by atoms with Crippen LogP contribution in [-0.2, 0) is 0 Å². The highest BCUT2D eigenvalue weighted by Crippen LogP contribution is 2.21. The maximum absolute atomic E-state index is 4.11. The lowest BCUT2D eigenvalue weighted by atomic mass is 9.94. The van der Waals surface area contributed by atoms with Gasteiger partial charge in [-0.05, 0) is 32.9 Å². The Kier molecular flexibility index (Phi) is 5.19. The molecule has 0 aliphatic heterocycles. The van der Waals surface area contributed by atoms with Gasteiger partial charge in [-0.25, -0.2) is 4.98 Å². The Balaban J connectivity index is 1.57. The number of nitrogens with one attached hydrogen (secondary N) is 1. The lowest BCUT2D eigenvalue weighted by Crippen LogP contribution is -2.34. The van der Waals surface area contributed by atoms with Crippen LogP contribution in [0.3, 0.4) is 0 Å². The van der Waals surface area contributed by atoms with E-state index in [4.69, 9.17) is 0 Å². The Labute approximate surface area is 108 Å². The number of aromatic nitrogens is 2. The second-order valence-corrected chi connectivity index (χ2v) is 5.58. The monoisotopic (exact) mass is 254 g/mol. The molecule has 17 heavy (non-hydrogen) atoms. The van der Waals surface area contributed by atoms with Crippen molar-refractivity contribution in [3.05, 3.63) is 6.33 Å². The van der Waals surface area contributed by atoms with Crippen molar-refractivity contribution in [2.75, 3.05) is 25.5 Å². The minimum Gasteiger partial charge on any atom is -0.360 e. The zero-order chi connectivity index (χ0) is 11.9. The van der Waals surface area contributed by atoms with Crippen LogP contribution < -0.4 is 5.32 Å². The van der Waals surface area contributed by atoms with Crippen LogP contribution in [0.15, 0.2) is 6.33 Å². The van der Waals surface area contributed by atoms with Gasteiger partial charge in [-0.15, -0.1) is 0 Å². The molecule has 1 aromatic heterocycles. The first kappa shape index (κ1) is 12.8. The minimum atomic E-state index is 0.824. The Hall–Kier alpha value is -0.680. The molecule has 0 atom stereocenters. The number of anilines is 1. The highest BCUT2D eigenvalue weighted by Gasteiger charge is 2.17. The molecule has 1 fully saturated rings. The van der Waals surface area contributed by atoms with Crippen LogP contribution in [0.4, 0.5) is 5.13 Å². The summed E-state index contributed by atoms with van der Waals surface area (Å²) in [5, 5.41) is 4.24. The molecule has 2 rings (SSSR count). The fourth-order valence-corrected chi connectivity index (χ4v) is 2.93. The third kappa shape index (κ3) is 4.24. The zero-order valence-corrected chi connectivity index (χ0v) is 11.4. The van der Waals surface area contributed by atoms with Gasteiger partial charge in [0.1, 0.15) is 6.33 Å². The Morgan fingerprint density at radius 3 is 2.94 bits per heavy atom. The highest BCUT2D eigenvalue weighted by atomic mass is 32.1. The summed E-state index contributed by atoms with van der Waals surface area (Å²) in [6.45, 7) is 2.17. The van der Waals surface area contributed by atoms with Gasteiger partial charge in [0.05, 0.1) is 0 Å². The van der Waals surface area contributed by atoms with Crippen LogP contribution in [0.2, 0.25) is 0 Å². The van der Waals surface area contributed by atoms with E-state index in [1.165, 1.54) is 56.6 Å². The van der Waals surface area contributed by atoms with Crippen molar-refractivity contribution in [3.8, 4) is 0 Å². The van der Waals surface area contributed by atoms with Gasteiger partial charge in [0.25, 0.3) is 0 Å². The summed E-state index contributed by atoms with van der Waals surface area (Å²) >= 11 is 1.42. The summed E-state index contributed by atoms with van der Waals surface area (Å²) in [5.41, 5.74) is 0. The van der Waals surface area contributed by atoms with Crippen LogP contribution in [0.1, 0.15) is 38.5 Å². The van der Waals surface area contributed by atoms with Gasteiger partial charge in [0.2, 0.25) is 5.13 Å². The van der Waals surface area contributed by atoms with Crippen LogP contribution in [0, 0.1) is 0 Å². The summed E-state index contributed by atoms with van der Waals surface area (Å²) < 4.78 is 3.97. The zero-order valence-electron chi connectivity index (χ0n) is 10.6. The third-order valence-electron chi connectivity index (χ3n) is 3.52. The maximum Gasteiger partial charge on any atom is 0.202 e. The lowest BCUT2D eigenvalue weighted by Gasteiger charge is -2.31. The summed E-state index contributed by atoms with van der Waals surface area (Å²) in [6.07, 6.45) is 9.81. The molecule has 0 unspecified atom stereocenters. The summed E-state index contributed by atoms with van der Waals surface area (Å²) in [4.78, 5) is 6.63. The van der Waals surface area contributed by atoms with E-state index >= 15 is 0 Å². The maximum atomic E-state index is 4.11. The standard InChI is InChI=1S/C12H22N4S/c1-16(11-6-3-2-4-7-11)9-5-8-13-12-14-10-15-17-12/h10-11H,2-9H2,1H3,(H,13,14,15). The Morgan fingerprint density at radius 1 is 1.41 bits per heavy atom. The average Bonchev–Trinajstić information content (AvgIpc) is 2.88. The van der Waals surface area contributed by atoms with Gasteiger partial charge in [0, 0.05) is 24.1 Å². The van der Waals surface area contributed by atoms with Crippen LogP contribution in [0.5, 0.6) is 0 Å². The summed E-state index contributed by atoms with van der Waals surface area (Å²) in [7, 11) is 2.26. The average molecular weight is 254 g/mol. The largest absolute Gasteiger partial charge is 0.360 e. The highest BCUT2D eigenvalue weighted by molar-refractivity contribution is 7.09. The summed E-state index contributed by atoms with van der Waals surface area (Å²) in [5.74, 6) is 0. The SMILES string of the molecule is CN(CCCNc1ncns1)C1CCCCC1. The van der Waals surface area contributed by atoms with Crippen molar-refractivity contribution in [2.45, 2.75) is 44.6 Å². The third-order valence-corrected chi connectivity index (χ3v) is 4.15. The van der Waals surface area contributed by atoms with E-state index in [0.717, 1.165) is 17.7 Å². The van der Waals surface area contributed by atoms with Gasteiger partial charge < -0.3 is 10.2 Å². The van der Waals surface area contributed by atoms with E-state index in [2.05, 4.69) is 26.6 Å². The van der Waals surface area contributed by atoms with Crippen molar-refractivity contribution in [2.24, 2.45) is 0 Å². The molecule has 0 spiro atoms. The number of rotatable bonds is 6. The molecule has 1 N–H and O–H groups in total. The van der Waals surface area contributed by atoms with Crippen LogP contribution >= 0.6 is 11.5 Å². The number of nitrogens with zero attached hydrogens (tertiary/aromatic N) is 3. The Bertz CT molecular complexity index is 295. The van der Waals surface area contributed by atoms with E-state index in [1.54, 1.807) is 6.33 Å². The first-order valence-electron chi connectivity index (χ1n) is 6.57. The Morgan fingerprint density at radius 2 is 2.24 bits per heavy atom. The molecule has 0 amide bonds. The molecule has 0 radical (unpaired) electrons. The lowest BCUT2D eigenvalue weighted by molar-refractivity contribution is 0.191. The van der Waals surface area contributed by atoms with Crippen molar-refractivity contribution in [3.63, 3.8) is 0 Å². The second kappa shape index (κ2) is 6.91. The van der Waals surface area contributed by atoms with Gasteiger partial charge >= 0.3 is 0 Å². The molecule has 96 valence electrons. The van der Waals surface area contributed by atoms with Crippen LogP contribution in [-0.4, -0.2) is 40.4 Å². The minimum absolute atomic E-state index is 0.824. The molecule has 1 aliphatic carbocycles. The fraction of sp³-hybridized carbons (Fsp3) is 0.833. The number of hydrogen-bond acceptors (Lipinski definition) is 5. The molecule has 5 heteroatoms. The predicted molar refractivity (Wildman–Crippen MR) is 72.5 cm³/mol. The molecule has 1 aromatic rings. The van der Waals surface area contributed by atoms with E-state index in [9.17, 15) is 0 Å². The fourth-order valence-electron chi connectivity index (χ4n) is 2.48. The molecule has 1 saturated carbocycles. The topological polar surface area (TPSA) is 41.0 Å². The number of hydrogen-bond donors (Lipinski definition) is 1. The molecule has 0 bridgehead atoms. The predicted octanol–water partition coefficient (Wildman–Crippen LogP) is 2.60. The molecule has 4 nitrogen and oxygen atoms in total. The van der Waals surface area contributed by atoms with Gasteiger partial charge in [-0.3, -0.25) is 0 Å². The quantitative estimate of drug-likeness (QED) is 0.792. The molecule has 0 aromatic carbocycles. The summed E-state index contributed by atoms with van der Waals surface area (Å²) in [6, 6.07) is 0.824. The molecule has 1 aliphatic rings. The molecule has 0 saturated heterocycles. The van der Waals surface area contributed by atoms with Gasteiger partial charge in [0.15, 0.2) is 0 Å². The van der Waals surface area contributed by atoms with Crippen molar-refractivity contribution in [1.29, 1.82) is 0 Å². The van der Waals surface area contributed by atoms with Crippen LogP contribution in [0.25, 0.3) is 0 Å². The normalized spacial score (nSPS) is 17.5.